The lowest BCUT2D eigenvalue weighted by molar-refractivity contribution is 0.0957. The Morgan fingerprint density at radius 2 is 2.47 bits per heavy atom. The van der Waals surface area contributed by atoms with Crippen LogP contribution in [0, 0.1) is 0 Å². The second-order valence-electron chi connectivity index (χ2n) is 3.16. The molecule has 1 N–H and O–H groups in total. The number of fused-ring (bicyclic) bond motifs is 1. The SMILES string of the molecule is CCNC(=O)c1cn(SF)c2ncc(Br)nc12. The zero-order chi connectivity index (χ0) is 12.4. The minimum Gasteiger partial charge on any atom is -0.352 e. The summed E-state index contributed by atoms with van der Waals surface area (Å²) in [6.07, 6.45) is 2.84. The second kappa shape index (κ2) is 5.01. The van der Waals surface area contributed by atoms with Gasteiger partial charge in [0.05, 0.1) is 11.8 Å². The Balaban J connectivity index is 2.62. The maximum atomic E-state index is 12.7. The summed E-state index contributed by atoms with van der Waals surface area (Å²) < 4.78 is 14.4. The topological polar surface area (TPSA) is 59.8 Å². The van der Waals surface area contributed by atoms with Gasteiger partial charge in [-0.1, -0.05) is 0 Å². The van der Waals surface area contributed by atoms with Crippen LogP contribution in [-0.2, 0) is 0 Å². The lowest BCUT2D eigenvalue weighted by atomic mass is 10.3. The molecular weight excluding hydrogens is 311 g/mol. The van der Waals surface area contributed by atoms with Crippen molar-refractivity contribution < 1.29 is 8.68 Å². The van der Waals surface area contributed by atoms with E-state index in [9.17, 15) is 8.68 Å². The maximum absolute atomic E-state index is 12.7. The molecule has 2 rings (SSSR count). The fraction of sp³-hybridized carbons (Fsp3) is 0.222. The van der Waals surface area contributed by atoms with Crippen LogP contribution < -0.4 is 5.32 Å². The van der Waals surface area contributed by atoms with Gasteiger partial charge in [0.25, 0.3) is 5.91 Å². The molecule has 1 amide bonds. The van der Waals surface area contributed by atoms with Gasteiger partial charge in [0.2, 0.25) is 0 Å². The highest BCUT2D eigenvalue weighted by atomic mass is 79.9. The molecule has 0 radical (unpaired) electrons. The molecule has 0 bridgehead atoms. The van der Waals surface area contributed by atoms with Crippen LogP contribution in [0.25, 0.3) is 11.2 Å². The molecule has 2 aromatic rings. The second-order valence-corrected chi connectivity index (χ2v) is 4.51. The lowest BCUT2D eigenvalue weighted by Crippen LogP contribution is -2.22. The molecule has 5 nitrogen and oxygen atoms in total. The van der Waals surface area contributed by atoms with Crippen molar-refractivity contribution in [3.63, 3.8) is 0 Å². The van der Waals surface area contributed by atoms with Gasteiger partial charge in [0, 0.05) is 12.7 Å². The van der Waals surface area contributed by atoms with E-state index in [4.69, 9.17) is 0 Å². The largest absolute Gasteiger partial charge is 0.352 e. The number of carbonyl (C=O) groups is 1. The molecule has 0 atom stereocenters. The average molecular weight is 319 g/mol. The number of rotatable bonds is 3. The van der Waals surface area contributed by atoms with E-state index in [1.54, 1.807) is 0 Å². The van der Waals surface area contributed by atoms with Crippen LogP contribution in [-0.4, -0.2) is 26.4 Å². The Kier molecular flexibility index (Phi) is 3.63. The van der Waals surface area contributed by atoms with Crippen molar-refractivity contribution in [3.8, 4) is 0 Å². The minimum atomic E-state index is -0.294. The van der Waals surface area contributed by atoms with Crippen molar-refractivity contribution in [2.24, 2.45) is 0 Å². The van der Waals surface area contributed by atoms with Crippen molar-refractivity contribution >= 4 is 45.3 Å². The van der Waals surface area contributed by atoms with Crippen LogP contribution >= 0.6 is 28.3 Å². The summed E-state index contributed by atoms with van der Waals surface area (Å²) in [7, 11) is 0. The van der Waals surface area contributed by atoms with Crippen molar-refractivity contribution in [1.29, 1.82) is 0 Å². The van der Waals surface area contributed by atoms with Gasteiger partial charge in [-0.2, -0.15) is 0 Å². The molecule has 8 heteroatoms. The third kappa shape index (κ3) is 2.27. The molecule has 0 unspecified atom stereocenters. The lowest BCUT2D eigenvalue weighted by Gasteiger charge is -1.98. The number of carbonyl (C=O) groups excluding carboxylic acids is 1. The standard InChI is InChI=1S/C9H8BrFN4OS/c1-2-12-9(16)5-4-15(17-11)8-7(5)14-6(10)3-13-8/h3-4H,2H2,1H3,(H,12,16). The van der Waals surface area contributed by atoms with E-state index >= 15 is 0 Å². The normalized spacial score (nSPS) is 10.8. The van der Waals surface area contributed by atoms with E-state index in [2.05, 4.69) is 31.2 Å². The van der Waals surface area contributed by atoms with Crippen LogP contribution in [0.1, 0.15) is 17.3 Å². The molecular formula is C9H8BrFN4OS. The van der Waals surface area contributed by atoms with Crippen molar-refractivity contribution in [3.05, 3.63) is 22.6 Å². The Bertz CT molecular complexity index is 573. The Morgan fingerprint density at radius 3 is 3.12 bits per heavy atom. The van der Waals surface area contributed by atoms with Gasteiger partial charge in [-0.05, 0) is 22.9 Å². The van der Waals surface area contributed by atoms with E-state index < -0.39 is 0 Å². The fourth-order valence-corrected chi connectivity index (χ4v) is 2.04. The van der Waals surface area contributed by atoms with Crippen LogP contribution in [0.5, 0.6) is 0 Å². The number of nitrogens with zero attached hydrogens (tertiary/aromatic N) is 3. The number of halogens is 2. The zero-order valence-corrected chi connectivity index (χ0v) is 11.2. The third-order valence-corrected chi connectivity index (χ3v) is 2.90. The zero-order valence-electron chi connectivity index (χ0n) is 8.78. The van der Waals surface area contributed by atoms with Crippen LogP contribution in [0.2, 0.25) is 0 Å². The fourth-order valence-electron chi connectivity index (χ4n) is 1.42. The van der Waals surface area contributed by atoms with Gasteiger partial charge in [-0.25, -0.2) is 13.9 Å². The van der Waals surface area contributed by atoms with Gasteiger partial charge in [-0.15, -0.1) is 3.89 Å². The monoisotopic (exact) mass is 318 g/mol. The van der Waals surface area contributed by atoms with E-state index in [1.807, 2.05) is 6.92 Å². The number of nitrogens with one attached hydrogen (secondary N) is 1. The van der Waals surface area contributed by atoms with Gasteiger partial charge >= 0.3 is 0 Å². The molecule has 0 aromatic carbocycles. The van der Waals surface area contributed by atoms with Gasteiger partial charge in [-0.3, -0.25) is 4.79 Å². The predicted octanol–water partition coefficient (Wildman–Crippen LogP) is 2.32. The molecule has 90 valence electrons. The van der Waals surface area contributed by atoms with Crippen molar-refractivity contribution in [2.75, 3.05) is 6.54 Å². The Hall–Kier alpha value is -1.15. The highest BCUT2D eigenvalue weighted by molar-refractivity contribution is 9.10. The molecule has 0 aliphatic heterocycles. The molecule has 0 spiro atoms. The Labute approximate surface area is 109 Å². The van der Waals surface area contributed by atoms with E-state index in [0.29, 0.717) is 27.9 Å². The molecule has 0 saturated heterocycles. The first-order valence-corrected chi connectivity index (χ1v) is 6.25. The van der Waals surface area contributed by atoms with E-state index in [1.165, 1.54) is 16.4 Å². The van der Waals surface area contributed by atoms with Crippen LogP contribution in [0.15, 0.2) is 17.0 Å². The number of amides is 1. The molecule has 0 aliphatic rings. The highest BCUT2D eigenvalue weighted by Crippen LogP contribution is 2.24. The first-order chi connectivity index (χ1) is 8.17. The van der Waals surface area contributed by atoms with Gasteiger partial charge < -0.3 is 5.32 Å². The molecule has 17 heavy (non-hydrogen) atoms. The first kappa shape index (κ1) is 12.3. The number of hydrogen-bond donors (Lipinski definition) is 1. The molecule has 0 aliphatic carbocycles. The third-order valence-electron chi connectivity index (χ3n) is 2.09. The smallest absolute Gasteiger partial charge is 0.255 e. The van der Waals surface area contributed by atoms with E-state index in [-0.39, 0.29) is 18.2 Å². The van der Waals surface area contributed by atoms with Crippen LogP contribution in [0.4, 0.5) is 3.89 Å². The number of aromatic nitrogens is 3. The van der Waals surface area contributed by atoms with Crippen LogP contribution in [0.3, 0.4) is 0 Å². The summed E-state index contributed by atoms with van der Waals surface area (Å²) in [6, 6.07) is 0. The summed E-state index contributed by atoms with van der Waals surface area (Å²) in [5.41, 5.74) is 0.998. The van der Waals surface area contributed by atoms with Gasteiger partial charge in [0.1, 0.15) is 10.1 Å². The predicted molar refractivity (Wildman–Crippen MR) is 67.3 cm³/mol. The average Bonchev–Trinajstić information content (AvgIpc) is 2.67. The first-order valence-electron chi connectivity index (χ1n) is 4.78. The Morgan fingerprint density at radius 1 is 1.71 bits per heavy atom. The number of hydrogen-bond acceptors (Lipinski definition) is 4. The summed E-state index contributed by atoms with van der Waals surface area (Å²) in [5.74, 6) is -0.294. The highest BCUT2D eigenvalue weighted by Gasteiger charge is 2.17. The van der Waals surface area contributed by atoms with E-state index in [0.717, 1.165) is 0 Å². The quantitative estimate of drug-likeness (QED) is 0.943. The summed E-state index contributed by atoms with van der Waals surface area (Å²) in [6.45, 7) is 2.30. The maximum Gasteiger partial charge on any atom is 0.255 e. The van der Waals surface area contributed by atoms with Crippen molar-refractivity contribution in [1.82, 2.24) is 19.3 Å². The minimum absolute atomic E-state index is 0.0207. The summed E-state index contributed by atoms with van der Waals surface area (Å²) >= 11 is 3.15. The molecule has 2 aromatic heterocycles. The van der Waals surface area contributed by atoms with Gasteiger partial charge in [0.15, 0.2) is 18.0 Å². The summed E-state index contributed by atoms with van der Waals surface area (Å²) in [5, 5.41) is 2.64. The summed E-state index contributed by atoms with van der Waals surface area (Å²) in [4.78, 5) is 19.9. The van der Waals surface area contributed by atoms with Crippen molar-refractivity contribution in [2.45, 2.75) is 6.92 Å². The molecule has 0 fully saturated rings. The molecule has 0 saturated carbocycles. The molecule has 2 heterocycles.